The average molecular weight is 557 g/mol. The molecule has 1 aliphatic rings. The van der Waals surface area contributed by atoms with Crippen LogP contribution in [0.3, 0.4) is 0 Å². The lowest BCUT2D eigenvalue weighted by Crippen LogP contribution is -2.33. The fourth-order valence-corrected chi connectivity index (χ4v) is 5.82. The van der Waals surface area contributed by atoms with E-state index < -0.39 is 0 Å². The number of benzene rings is 3. The molecule has 1 amide bonds. The number of aromatic nitrogens is 2. The number of halogens is 1. The van der Waals surface area contributed by atoms with Crippen molar-refractivity contribution in [2.24, 2.45) is 5.92 Å². The van der Waals surface area contributed by atoms with Gasteiger partial charge in [-0.2, -0.15) is 0 Å². The number of carbonyl (C=O) groups is 1. The fraction of sp³-hybridized carbons (Fsp3) is 0.281. The highest BCUT2D eigenvalue weighted by molar-refractivity contribution is 7.98. The second-order valence-electron chi connectivity index (χ2n) is 10.1. The van der Waals surface area contributed by atoms with Crippen molar-refractivity contribution >= 4 is 35.1 Å². The quantitative estimate of drug-likeness (QED) is 0.132. The van der Waals surface area contributed by atoms with Crippen molar-refractivity contribution in [2.75, 3.05) is 18.0 Å². The van der Waals surface area contributed by atoms with Gasteiger partial charge in [0.1, 0.15) is 11.0 Å². The molecule has 39 heavy (non-hydrogen) atoms. The maximum Gasteiger partial charge on any atom is 0.251 e. The first-order valence-corrected chi connectivity index (χ1v) is 14.8. The third-order valence-electron chi connectivity index (χ3n) is 7.14. The first-order valence-electron chi connectivity index (χ1n) is 13.4. The maximum atomic E-state index is 13.2. The summed E-state index contributed by atoms with van der Waals surface area (Å²) in [4.78, 5) is 24.7. The number of nitrogens with one attached hydrogen (secondary N) is 1. The highest BCUT2D eigenvalue weighted by Gasteiger charge is 2.19. The molecular formula is C32H33ClN4OS. The molecule has 0 aliphatic carbocycles. The molecule has 5 rings (SSSR count). The SMILES string of the molecule is CC1CCN(c2cc(Cl)nc(SCc3ccc(C(=O)NC(Cc4ccccc4)c4ccccc4)cc3)n2)CC1. The van der Waals surface area contributed by atoms with E-state index in [0.29, 0.717) is 21.6 Å². The van der Waals surface area contributed by atoms with Crippen LogP contribution >= 0.6 is 23.4 Å². The Morgan fingerprint density at radius 3 is 2.31 bits per heavy atom. The van der Waals surface area contributed by atoms with Crippen molar-refractivity contribution in [3.05, 3.63) is 118 Å². The van der Waals surface area contributed by atoms with Gasteiger partial charge >= 0.3 is 0 Å². The van der Waals surface area contributed by atoms with Gasteiger partial charge < -0.3 is 10.2 Å². The highest BCUT2D eigenvalue weighted by Crippen LogP contribution is 2.27. The zero-order valence-corrected chi connectivity index (χ0v) is 23.7. The molecular weight excluding hydrogens is 524 g/mol. The normalized spacial score (nSPS) is 14.7. The summed E-state index contributed by atoms with van der Waals surface area (Å²) in [5.41, 5.74) is 4.00. The molecule has 0 bridgehead atoms. The van der Waals surface area contributed by atoms with Crippen molar-refractivity contribution in [1.29, 1.82) is 0 Å². The number of anilines is 1. The summed E-state index contributed by atoms with van der Waals surface area (Å²) in [6.07, 6.45) is 3.06. The molecule has 1 saturated heterocycles. The van der Waals surface area contributed by atoms with E-state index in [4.69, 9.17) is 16.6 Å². The Morgan fingerprint density at radius 2 is 1.62 bits per heavy atom. The van der Waals surface area contributed by atoms with Gasteiger partial charge in [-0.05, 0) is 54.0 Å². The Kier molecular flexibility index (Phi) is 9.17. The molecule has 0 saturated carbocycles. The van der Waals surface area contributed by atoms with Gasteiger partial charge in [0.2, 0.25) is 0 Å². The van der Waals surface area contributed by atoms with E-state index in [2.05, 4.69) is 46.4 Å². The van der Waals surface area contributed by atoms with Crippen LogP contribution in [-0.2, 0) is 12.2 Å². The minimum absolute atomic E-state index is 0.0855. The van der Waals surface area contributed by atoms with Crippen LogP contribution in [0.2, 0.25) is 5.15 Å². The van der Waals surface area contributed by atoms with E-state index in [0.717, 1.165) is 42.4 Å². The molecule has 5 nitrogen and oxygen atoms in total. The predicted octanol–water partition coefficient (Wildman–Crippen LogP) is 7.37. The first-order chi connectivity index (χ1) is 19.0. The van der Waals surface area contributed by atoms with Crippen LogP contribution in [0.5, 0.6) is 0 Å². The van der Waals surface area contributed by atoms with Crippen LogP contribution in [0, 0.1) is 5.92 Å². The van der Waals surface area contributed by atoms with Crippen LogP contribution in [0.1, 0.15) is 52.9 Å². The molecule has 0 spiro atoms. The van der Waals surface area contributed by atoms with Gasteiger partial charge in [-0.25, -0.2) is 9.97 Å². The van der Waals surface area contributed by atoms with Gasteiger partial charge in [0.15, 0.2) is 5.16 Å². The van der Waals surface area contributed by atoms with Gasteiger partial charge in [0.25, 0.3) is 5.91 Å². The van der Waals surface area contributed by atoms with E-state index >= 15 is 0 Å². The first kappa shape index (κ1) is 27.2. The second kappa shape index (κ2) is 13.1. The van der Waals surface area contributed by atoms with Gasteiger partial charge in [-0.15, -0.1) is 0 Å². The number of hydrogen-bond acceptors (Lipinski definition) is 5. The lowest BCUT2D eigenvalue weighted by Gasteiger charge is -2.31. The van der Waals surface area contributed by atoms with Gasteiger partial charge in [0, 0.05) is 30.5 Å². The zero-order valence-electron chi connectivity index (χ0n) is 22.1. The molecule has 1 fully saturated rings. The molecule has 2 heterocycles. The minimum atomic E-state index is -0.117. The third-order valence-corrected chi connectivity index (χ3v) is 8.25. The van der Waals surface area contributed by atoms with Crippen molar-refractivity contribution in [1.82, 2.24) is 15.3 Å². The van der Waals surface area contributed by atoms with Crippen LogP contribution in [0.15, 0.2) is 96.2 Å². The molecule has 1 atom stereocenters. The second-order valence-corrected chi connectivity index (χ2v) is 11.4. The summed E-state index contributed by atoms with van der Waals surface area (Å²) in [5.74, 6) is 2.27. The smallest absolute Gasteiger partial charge is 0.251 e. The summed E-state index contributed by atoms with van der Waals surface area (Å²) < 4.78 is 0. The lowest BCUT2D eigenvalue weighted by molar-refractivity contribution is 0.0936. The van der Waals surface area contributed by atoms with E-state index in [-0.39, 0.29) is 11.9 Å². The number of piperidine rings is 1. The number of rotatable bonds is 9. The van der Waals surface area contributed by atoms with Crippen LogP contribution in [-0.4, -0.2) is 29.0 Å². The average Bonchev–Trinajstić information content (AvgIpc) is 2.97. The molecule has 1 aromatic heterocycles. The van der Waals surface area contributed by atoms with E-state index in [1.54, 1.807) is 11.8 Å². The Bertz CT molecular complexity index is 1360. The topological polar surface area (TPSA) is 58.1 Å². The zero-order chi connectivity index (χ0) is 27.0. The maximum absolute atomic E-state index is 13.2. The largest absolute Gasteiger partial charge is 0.356 e. The summed E-state index contributed by atoms with van der Waals surface area (Å²) >= 11 is 7.89. The molecule has 1 aliphatic heterocycles. The van der Waals surface area contributed by atoms with Crippen LogP contribution in [0.25, 0.3) is 0 Å². The number of amides is 1. The molecule has 0 radical (unpaired) electrons. The van der Waals surface area contributed by atoms with Crippen LogP contribution in [0.4, 0.5) is 5.82 Å². The Hall–Kier alpha value is -3.35. The predicted molar refractivity (Wildman–Crippen MR) is 160 cm³/mol. The Morgan fingerprint density at radius 1 is 0.949 bits per heavy atom. The number of hydrogen-bond donors (Lipinski definition) is 1. The van der Waals surface area contributed by atoms with Crippen molar-refractivity contribution in [3.8, 4) is 0 Å². The van der Waals surface area contributed by atoms with Crippen molar-refractivity contribution in [2.45, 2.75) is 43.1 Å². The molecule has 1 unspecified atom stereocenters. The van der Waals surface area contributed by atoms with Gasteiger partial charge in [0.05, 0.1) is 6.04 Å². The highest BCUT2D eigenvalue weighted by atomic mass is 35.5. The summed E-state index contributed by atoms with van der Waals surface area (Å²) in [7, 11) is 0. The molecule has 3 aromatic carbocycles. The summed E-state index contributed by atoms with van der Waals surface area (Å²) in [6.45, 7) is 4.30. The number of thioether (sulfide) groups is 1. The third kappa shape index (κ3) is 7.61. The molecule has 7 heteroatoms. The van der Waals surface area contributed by atoms with Crippen molar-refractivity contribution < 1.29 is 4.79 Å². The number of carbonyl (C=O) groups excluding carboxylic acids is 1. The van der Waals surface area contributed by atoms with Crippen LogP contribution < -0.4 is 10.2 Å². The van der Waals surface area contributed by atoms with Gasteiger partial charge in [-0.3, -0.25) is 4.79 Å². The summed E-state index contributed by atoms with van der Waals surface area (Å²) in [6, 6.07) is 29.9. The van der Waals surface area contributed by atoms with Gasteiger partial charge in [-0.1, -0.05) is 103 Å². The standard InChI is InChI=1S/C32H33ClN4OS/c1-23-16-18-37(19-17-23)30-21-29(33)35-32(36-30)39-22-25-12-14-27(15-13-25)31(38)34-28(26-10-6-3-7-11-26)20-24-8-4-2-5-9-24/h2-15,21,23,28H,16-20,22H2,1H3,(H,34,38). The molecule has 200 valence electrons. The monoisotopic (exact) mass is 556 g/mol. The summed E-state index contributed by atoms with van der Waals surface area (Å²) in [5, 5.41) is 4.38. The Balaban J connectivity index is 1.21. The Labute approximate surface area is 240 Å². The van der Waals surface area contributed by atoms with Crippen molar-refractivity contribution in [3.63, 3.8) is 0 Å². The van der Waals surface area contributed by atoms with E-state index in [1.165, 1.54) is 18.4 Å². The fourth-order valence-electron chi connectivity index (χ4n) is 4.78. The lowest BCUT2D eigenvalue weighted by atomic mass is 9.98. The number of nitrogens with zero attached hydrogens (tertiary/aromatic N) is 3. The van der Waals surface area contributed by atoms with E-state index in [1.807, 2.05) is 66.7 Å². The van der Waals surface area contributed by atoms with E-state index in [9.17, 15) is 4.79 Å². The molecule has 1 N–H and O–H groups in total. The molecule has 4 aromatic rings. The minimum Gasteiger partial charge on any atom is -0.356 e.